The SMILES string of the molecule is CC1CCc2c(c3ccccc3n2-c2ccccc2-c2ccccc2-n2c3ccccc3c3ccc4c5c(oc4c32)CCC=C5)C1. The van der Waals surface area contributed by atoms with Crippen LogP contribution in [-0.4, -0.2) is 9.13 Å². The van der Waals surface area contributed by atoms with Crippen LogP contribution in [0.15, 0.2) is 120 Å². The summed E-state index contributed by atoms with van der Waals surface area (Å²) in [5.74, 6) is 1.80. The molecule has 1 unspecified atom stereocenters. The number of furan rings is 1. The molecular weight excluding hydrogens is 560 g/mol. The van der Waals surface area contributed by atoms with Crippen molar-refractivity contribution in [2.75, 3.05) is 0 Å². The molecular formula is C43H34N2O. The van der Waals surface area contributed by atoms with Crippen LogP contribution >= 0.6 is 0 Å². The molecule has 1 atom stereocenters. The number of hydrogen-bond donors (Lipinski definition) is 0. The Hall–Kier alpha value is -5.28. The molecule has 0 saturated carbocycles. The molecule has 46 heavy (non-hydrogen) atoms. The number of aromatic nitrogens is 2. The maximum absolute atomic E-state index is 6.77. The minimum absolute atomic E-state index is 0.706. The van der Waals surface area contributed by atoms with E-state index in [-0.39, 0.29) is 0 Å². The lowest BCUT2D eigenvalue weighted by molar-refractivity contribution is 0.495. The maximum atomic E-state index is 6.77. The standard InChI is InChI=1S/C43H34N2O/c1-27-22-25-40-35(26-27)31-15-5-8-18-37(31)44(40)36-17-7-2-12-28(36)29-13-3-9-19-38(29)45-39-20-10-4-14-30(39)33-23-24-34-32-16-6-11-21-41(32)46-43(34)42(33)45/h2-10,12-20,23-24,27H,11,21-22,25-26H2,1H3. The number of fused-ring (bicyclic) bond motifs is 10. The second kappa shape index (κ2) is 9.86. The summed E-state index contributed by atoms with van der Waals surface area (Å²) in [6.45, 7) is 2.40. The van der Waals surface area contributed by atoms with Gasteiger partial charge in [-0.05, 0) is 67.5 Å². The van der Waals surface area contributed by atoms with Crippen molar-refractivity contribution < 1.29 is 4.42 Å². The van der Waals surface area contributed by atoms with E-state index in [9.17, 15) is 0 Å². The van der Waals surface area contributed by atoms with E-state index in [1.807, 2.05) is 0 Å². The van der Waals surface area contributed by atoms with Gasteiger partial charge in [-0.3, -0.25) is 0 Å². The summed E-state index contributed by atoms with van der Waals surface area (Å²) >= 11 is 0. The van der Waals surface area contributed by atoms with Gasteiger partial charge in [-0.1, -0.05) is 97.9 Å². The number of para-hydroxylation sites is 4. The Morgan fingerprint density at radius 3 is 2.09 bits per heavy atom. The molecule has 3 aromatic heterocycles. The van der Waals surface area contributed by atoms with Crippen LogP contribution < -0.4 is 0 Å². The fourth-order valence-electron chi connectivity index (χ4n) is 8.46. The van der Waals surface area contributed by atoms with E-state index >= 15 is 0 Å². The average Bonchev–Trinajstić information content (AvgIpc) is 3.76. The van der Waals surface area contributed by atoms with Crippen molar-refractivity contribution >= 4 is 49.8 Å². The highest BCUT2D eigenvalue weighted by Crippen LogP contribution is 2.44. The van der Waals surface area contributed by atoms with Crippen LogP contribution in [0, 0.1) is 5.92 Å². The lowest BCUT2D eigenvalue weighted by atomic mass is 9.87. The van der Waals surface area contributed by atoms with Crippen LogP contribution in [0.5, 0.6) is 0 Å². The van der Waals surface area contributed by atoms with Gasteiger partial charge in [0.05, 0.1) is 27.9 Å². The average molecular weight is 595 g/mol. The van der Waals surface area contributed by atoms with Gasteiger partial charge in [0.25, 0.3) is 0 Å². The van der Waals surface area contributed by atoms with Gasteiger partial charge < -0.3 is 13.6 Å². The summed E-state index contributed by atoms with van der Waals surface area (Å²) in [5, 5.41) is 5.06. The Labute approximate surface area is 268 Å². The van der Waals surface area contributed by atoms with Crippen LogP contribution in [0.1, 0.15) is 42.3 Å². The fraction of sp³-hybridized carbons (Fsp3) is 0.163. The normalized spacial score (nSPS) is 16.1. The third kappa shape index (κ3) is 3.60. The van der Waals surface area contributed by atoms with Crippen LogP contribution in [0.25, 0.3) is 72.3 Å². The lowest BCUT2D eigenvalue weighted by Gasteiger charge is -2.23. The summed E-state index contributed by atoms with van der Waals surface area (Å²) in [6.07, 6.45) is 9.95. The third-order valence-corrected chi connectivity index (χ3v) is 10.5. The van der Waals surface area contributed by atoms with Gasteiger partial charge in [-0.25, -0.2) is 0 Å². The molecule has 3 heterocycles. The van der Waals surface area contributed by atoms with Gasteiger partial charge >= 0.3 is 0 Å². The van der Waals surface area contributed by atoms with Crippen LogP contribution in [0.4, 0.5) is 0 Å². The highest BCUT2D eigenvalue weighted by Gasteiger charge is 2.27. The molecule has 8 aromatic rings. The molecule has 0 fully saturated rings. The monoisotopic (exact) mass is 594 g/mol. The molecule has 0 saturated heterocycles. The molecule has 2 aliphatic rings. The summed E-state index contributed by atoms with van der Waals surface area (Å²) in [4.78, 5) is 0. The molecule has 10 rings (SSSR count). The van der Waals surface area contributed by atoms with Gasteiger partial charge in [0.1, 0.15) is 5.76 Å². The quantitative estimate of drug-likeness (QED) is 0.200. The Kier molecular flexibility index (Phi) is 5.57. The van der Waals surface area contributed by atoms with E-state index < -0.39 is 0 Å². The largest absolute Gasteiger partial charge is 0.458 e. The molecule has 2 aliphatic carbocycles. The van der Waals surface area contributed by atoms with Crippen molar-refractivity contribution in [3.8, 4) is 22.5 Å². The Bertz CT molecular complexity index is 2530. The number of allylic oxidation sites excluding steroid dienone is 1. The van der Waals surface area contributed by atoms with Gasteiger partial charge in [-0.15, -0.1) is 0 Å². The molecule has 0 amide bonds. The summed E-state index contributed by atoms with van der Waals surface area (Å²) in [5.41, 5.74) is 13.7. The van der Waals surface area contributed by atoms with Gasteiger partial charge in [-0.2, -0.15) is 0 Å². The van der Waals surface area contributed by atoms with E-state index in [1.165, 1.54) is 72.6 Å². The Morgan fingerprint density at radius 2 is 1.28 bits per heavy atom. The van der Waals surface area contributed by atoms with E-state index in [2.05, 4.69) is 137 Å². The molecule has 3 nitrogen and oxygen atoms in total. The van der Waals surface area contributed by atoms with E-state index in [1.54, 1.807) is 0 Å². The predicted molar refractivity (Wildman–Crippen MR) is 191 cm³/mol. The number of hydrogen-bond acceptors (Lipinski definition) is 1. The summed E-state index contributed by atoms with van der Waals surface area (Å²) in [7, 11) is 0. The topological polar surface area (TPSA) is 23.0 Å². The van der Waals surface area contributed by atoms with E-state index in [0.29, 0.717) is 5.92 Å². The molecule has 0 radical (unpaired) electrons. The van der Waals surface area contributed by atoms with Crippen molar-refractivity contribution in [1.29, 1.82) is 0 Å². The van der Waals surface area contributed by atoms with Gasteiger partial charge in [0.2, 0.25) is 0 Å². The van der Waals surface area contributed by atoms with E-state index in [4.69, 9.17) is 4.42 Å². The second-order valence-corrected chi connectivity index (χ2v) is 13.2. The summed E-state index contributed by atoms with van der Waals surface area (Å²) < 4.78 is 11.8. The van der Waals surface area contributed by atoms with Crippen LogP contribution in [0.2, 0.25) is 0 Å². The van der Waals surface area contributed by atoms with Crippen LogP contribution in [0.3, 0.4) is 0 Å². The minimum atomic E-state index is 0.706. The second-order valence-electron chi connectivity index (χ2n) is 13.2. The fourth-order valence-corrected chi connectivity index (χ4v) is 8.46. The zero-order valence-corrected chi connectivity index (χ0v) is 26.0. The van der Waals surface area contributed by atoms with Crippen molar-refractivity contribution in [2.45, 2.75) is 39.0 Å². The lowest BCUT2D eigenvalue weighted by Crippen LogP contribution is -2.13. The van der Waals surface area contributed by atoms with Crippen LogP contribution in [-0.2, 0) is 19.3 Å². The molecule has 5 aromatic carbocycles. The third-order valence-electron chi connectivity index (χ3n) is 10.5. The Balaban J connectivity index is 1.28. The Morgan fingerprint density at radius 1 is 0.630 bits per heavy atom. The maximum Gasteiger partial charge on any atom is 0.159 e. The molecule has 222 valence electrons. The number of aryl methyl sites for hydroxylation is 1. The molecule has 3 heteroatoms. The number of nitrogens with zero attached hydrogens (tertiary/aromatic N) is 2. The summed E-state index contributed by atoms with van der Waals surface area (Å²) in [6, 6.07) is 40.3. The molecule has 0 bridgehead atoms. The first-order chi connectivity index (χ1) is 22.8. The first kappa shape index (κ1) is 26.0. The van der Waals surface area contributed by atoms with Gasteiger partial charge in [0, 0.05) is 50.4 Å². The molecule has 0 spiro atoms. The van der Waals surface area contributed by atoms with Crippen molar-refractivity contribution in [1.82, 2.24) is 9.13 Å². The van der Waals surface area contributed by atoms with Crippen molar-refractivity contribution in [2.24, 2.45) is 5.92 Å². The predicted octanol–water partition coefficient (Wildman–Crippen LogP) is 11.2. The highest BCUT2D eigenvalue weighted by atomic mass is 16.3. The zero-order valence-electron chi connectivity index (χ0n) is 26.0. The van der Waals surface area contributed by atoms with Gasteiger partial charge in [0.15, 0.2) is 5.58 Å². The smallest absolute Gasteiger partial charge is 0.159 e. The molecule has 0 N–H and O–H groups in total. The molecule has 0 aliphatic heterocycles. The van der Waals surface area contributed by atoms with Crippen molar-refractivity contribution in [3.63, 3.8) is 0 Å². The number of benzene rings is 5. The zero-order chi connectivity index (χ0) is 30.4. The number of rotatable bonds is 3. The first-order valence-electron chi connectivity index (χ1n) is 16.7. The van der Waals surface area contributed by atoms with Crippen molar-refractivity contribution in [3.05, 3.63) is 138 Å². The van der Waals surface area contributed by atoms with E-state index in [0.717, 1.165) is 48.2 Å². The first-order valence-corrected chi connectivity index (χ1v) is 16.7. The highest BCUT2D eigenvalue weighted by molar-refractivity contribution is 6.18. The minimum Gasteiger partial charge on any atom is -0.458 e.